The lowest BCUT2D eigenvalue weighted by Crippen LogP contribution is -2.57. The van der Waals surface area contributed by atoms with Crippen molar-refractivity contribution in [1.82, 2.24) is 8.87 Å². The molecule has 1 atom stereocenters. The van der Waals surface area contributed by atoms with Gasteiger partial charge in [0.2, 0.25) is 11.8 Å². The van der Waals surface area contributed by atoms with Crippen LogP contribution in [0.4, 0.5) is 0 Å². The first-order valence-corrected chi connectivity index (χ1v) is 16.9. The van der Waals surface area contributed by atoms with Crippen molar-refractivity contribution in [2.75, 3.05) is 19.8 Å². The first-order valence-electron chi connectivity index (χ1n) is 15.4. The average molecular weight is 671 g/mol. The number of Topliss-reactive ketones (excluding diaryl/α,β-unsaturated/α-hetero) is 1. The highest BCUT2D eigenvalue weighted by atomic mass is 32.2. The Labute approximate surface area is 277 Å². The zero-order chi connectivity index (χ0) is 34.3. The number of piperidine rings is 1. The Morgan fingerprint density at radius 2 is 1.62 bits per heavy atom. The molecule has 1 unspecified atom stereocenters. The second kappa shape index (κ2) is 14.7. The lowest BCUT2D eigenvalue weighted by atomic mass is 9.71. The van der Waals surface area contributed by atoms with Gasteiger partial charge in [0, 0.05) is 24.7 Å². The molecule has 0 saturated carbocycles. The lowest BCUT2D eigenvalue weighted by molar-refractivity contribution is -0.160. The SMILES string of the molecule is CCOC(=O)C(=[N+]=[N-])C(=O)C1(CCOCc2ccccc2)CCCN(C(=O)Cc2cn(S(=O)(=O)c3ccccc3)c3ccccc23)C1=O. The molecule has 13 heteroatoms. The predicted molar refractivity (Wildman–Crippen MR) is 174 cm³/mol. The quantitative estimate of drug-likeness (QED) is 0.0515. The number of nitrogens with zero attached hydrogens (tertiary/aromatic N) is 4. The predicted octanol–water partition coefficient (Wildman–Crippen LogP) is 3.97. The molecule has 0 N–H and O–H groups in total. The summed E-state index contributed by atoms with van der Waals surface area (Å²) < 4.78 is 38.9. The number of para-hydroxylation sites is 1. The number of carbonyl (C=O) groups is 4. The van der Waals surface area contributed by atoms with Gasteiger partial charge in [0.1, 0.15) is 5.41 Å². The first-order chi connectivity index (χ1) is 23.1. The van der Waals surface area contributed by atoms with Gasteiger partial charge in [-0.1, -0.05) is 66.7 Å². The van der Waals surface area contributed by atoms with Gasteiger partial charge in [0.25, 0.3) is 15.8 Å². The number of carbonyl (C=O) groups excluding carboxylic acids is 4. The van der Waals surface area contributed by atoms with E-state index in [-0.39, 0.29) is 56.9 Å². The summed E-state index contributed by atoms with van der Waals surface area (Å²) in [6, 6.07) is 23.8. The van der Waals surface area contributed by atoms with Crippen molar-refractivity contribution in [2.45, 2.75) is 44.1 Å². The molecule has 1 saturated heterocycles. The molecule has 248 valence electrons. The first kappa shape index (κ1) is 34.1. The number of fused-ring (bicyclic) bond motifs is 1. The number of hydrogen-bond donors (Lipinski definition) is 0. The summed E-state index contributed by atoms with van der Waals surface area (Å²) in [5.41, 5.74) is 8.33. The van der Waals surface area contributed by atoms with Crippen molar-refractivity contribution in [2.24, 2.45) is 5.41 Å². The Morgan fingerprint density at radius 3 is 2.31 bits per heavy atom. The molecule has 1 fully saturated rings. The van der Waals surface area contributed by atoms with Crippen LogP contribution in [-0.4, -0.2) is 71.1 Å². The molecule has 48 heavy (non-hydrogen) atoms. The van der Waals surface area contributed by atoms with Gasteiger partial charge in [-0.2, -0.15) is 4.79 Å². The van der Waals surface area contributed by atoms with Gasteiger partial charge in [0.15, 0.2) is 0 Å². The van der Waals surface area contributed by atoms with Crippen LogP contribution >= 0.6 is 0 Å². The van der Waals surface area contributed by atoms with Crippen molar-refractivity contribution in [3.8, 4) is 0 Å². The number of amides is 2. The molecule has 2 amide bonds. The van der Waals surface area contributed by atoms with E-state index in [1.165, 1.54) is 25.3 Å². The second-order valence-corrected chi connectivity index (χ2v) is 13.1. The molecule has 1 aliphatic heterocycles. The minimum absolute atomic E-state index is 0.0104. The minimum atomic E-state index is -4.02. The number of benzene rings is 3. The molecule has 3 aromatic carbocycles. The number of ether oxygens (including phenoxy) is 2. The standard InChI is InChI=1S/C35H34N4O8S/c1-2-47-33(42)31(37-36)32(41)35(19-21-46-24-25-12-5-3-6-13-25)18-11-20-38(34(35)43)30(40)22-26-23-39(29-17-10-9-16-28(26)29)48(44,45)27-14-7-4-8-15-27/h3-10,12-17,23H,2,11,18-22,24H2,1H3. The normalized spacial score (nSPS) is 16.4. The fourth-order valence-corrected chi connectivity index (χ4v) is 7.35. The van der Waals surface area contributed by atoms with Crippen LogP contribution in [0.3, 0.4) is 0 Å². The third-order valence-corrected chi connectivity index (χ3v) is 10.0. The summed E-state index contributed by atoms with van der Waals surface area (Å²) in [5.74, 6) is -3.79. The summed E-state index contributed by atoms with van der Waals surface area (Å²) in [6.07, 6.45) is 1.00. The number of aromatic nitrogens is 1. The topological polar surface area (TPSA) is 165 Å². The van der Waals surface area contributed by atoms with Crippen molar-refractivity contribution >= 4 is 50.2 Å². The third-order valence-electron chi connectivity index (χ3n) is 8.35. The molecule has 0 bridgehead atoms. The smallest absolute Gasteiger partial charge is 0.442 e. The molecular formula is C35H34N4O8S. The van der Waals surface area contributed by atoms with Crippen molar-refractivity contribution < 1.29 is 41.9 Å². The lowest BCUT2D eigenvalue weighted by Gasteiger charge is -2.38. The fraction of sp³-hybridized carbons (Fsp3) is 0.286. The highest BCUT2D eigenvalue weighted by Crippen LogP contribution is 2.37. The maximum Gasteiger partial charge on any atom is 0.442 e. The Balaban J connectivity index is 1.45. The zero-order valence-corrected chi connectivity index (χ0v) is 27.1. The van der Waals surface area contributed by atoms with E-state index >= 15 is 0 Å². The summed E-state index contributed by atoms with van der Waals surface area (Å²) in [7, 11) is -4.02. The highest BCUT2D eigenvalue weighted by molar-refractivity contribution is 7.90. The van der Waals surface area contributed by atoms with Crippen LogP contribution in [0.1, 0.15) is 37.3 Å². The molecule has 0 spiro atoms. The highest BCUT2D eigenvalue weighted by Gasteiger charge is 2.56. The van der Waals surface area contributed by atoms with Crippen molar-refractivity contribution in [3.63, 3.8) is 0 Å². The molecular weight excluding hydrogens is 636 g/mol. The van der Waals surface area contributed by atoms with Gasteiger partial charge in [0.05, 0.1) is 30.0 Å². The molecule has 0 radical (unpaired) electrons. The Kier molecular flexibility index (Phi) is 10.4. The van der Waals surface area contributed by atoms with Crippen LogP contribution in [-0.2, 0) is 51.7 Å². The van der Waals surface area contributed by atoms with Gasteiger partial charge in [-0.05, 0) is 55.5 Å². The van der Waals surface area contributed by atoms with E-state index in [0.29, 0.717) is 16.5 Å². The molecule has 5 rings (SSSR count). The maximum atomic E-state index is 14.2. The summed E-state index contributed by atoms with van der Waals surface area (Å²) in [6.45, 7) is 1.50. The molecule has 0 aliphatic carbocycles. The fourth-order valence-electron chi connectivity index (χ4n) is 5.94. The monoisotopic (exact) mass is 670 g/mol. The Bertz CT molecular complexity index is 2000. The average Bonchev–Trinajstić information content (AvgIpc) is 3.47. The minimum Gasteiger partial charge on any atom is -0.457 e. The van der Waals surface area contributed by atoms with Crippen LogP contribution in [0.15, 0.2) is 96.0 Å². The molecule has 1 aliphatic rings. The summed E-state index contributed by atoms with van der Waals surface area (Å²) >= 11 is 0. The van der Waals surface area contributed by atoms with Crippen LogP contribution in [0, 0.1) is 5.41 Å². The Morgan fingerprint density at radius 1 is 0.958 bits per heavy atom. The van der Waals surface area contributed by atoms with Crippen LogP contribution in [0.5, 0.6) is 0 Å². The number of likely N-dealkylation sites (tertiary alicyclic amines) is 1. The molecule has 1 aromatic heterocycles. The van der Waals surface area contributed by atoms with Gasteiger partial charge >= 0.3 is 11.7 Å². The van der Waals surface area contributed by atoms with Gasteiger partial charge < -0.3 is 15.0 Å². The van der Waals surface area contributed by atoms with Crippen LogP contribution in [0.2, 0.25) is 0 Å². The van der Waals surface area contributed by atoms with Gasteiger partial charge in [-0.3, -0.25) is 19.3 Å². The zero-order valence-electron chi connectivity index (χ0n) is 26.3. The molecule has 12 nitrogen and oxygen atoms in total. The molecule has 4 aromatic rings. The number of esters is 1. The van der Waals surface area contributed by atoms with Crippen LogP contribution < -0.4 is 0 Å². The van der Waals surface area contributed by atoms with E-state index in [2.05, 4.69) is 4.79 Å². The van der Waals surface area contributed by atoms with Crippen LogP contribution in [0.25, 0.3) is 16.4 Å². The third kappa shape index (κ3) is 6.75. The molecule has 2 heterocycles. The van der Waals surface area contributed by atoms with E-state index in [1.807, 2.05) is 30.3 Å². The van der Waals surface area contributed by atoms with Crippen molar-refractivity contribution in [1.29, 1.82) is 0 Å². The van der Waals surface area contributed by atoms with E-state index in [0.717, 1.165) is 14.4 Å². The maximum absolute atomic E-state index is 14.2. The number of imide groups is 1. The summed E-state index contributed by atoms with van der Waals surface area (Å²) in [4.78, 5) is 58.5. The van der Waals surface area contributed by atoms with Gasteiger partial charge in [-0.15, -0.1) is 0 Å². The van der Waals surface area contributed by atoms with E-state index in [4.69, 9.17) is 9.47 Å². The van der Waals surface area contributed by atoms with Gasteiger partial charge in [-0.25, -0.2) is 17.2 Å². The number of ketones is 1. The van der Waals surface area contributed by atoms with E-state index < -0.39 is 44.7 Å². The Hall–Kier alpha value is -5.23. The van der Waals surface area contributed by atoms with E-state index in [1.54, 1.807) is 42.5 Å². The largest absolute Gasteiger partial charge is 0.457 e. The van der Waals surface area contributed by atoms with E-state index in [9.17, 15) is 33.1 Å². The number of hydrogen-bond acceptors (Lipinski definition) is 8. The number of rotatable bonds is 13. The van der Waals surface area contributed by atoms with Crippen molar-refractivity contribution in [3.05, 3.63) is 108 Å². The second-order valence-electron chi connectivity index (χ2n) is 11.3. The summed E-state index contributed by atoms with van der Waals surface area (Å²) in [5, 5.41) is 0.503.